The Hall–Kier alpha value is -3.61. The Balaban J connectivity index is 1.61. The van der Waals surface area contributed by atoms with Crippen LogP contribution in [0.2, 0.25) is 0 Å². The van der Waals surface area contributed by atoms with E-state index in [9.17, 15) is 0 Å². The average Bonchev–Trinajstić information content (AvgIpc) is 3.05. The van der Waals surface area contributed by atoms with E-state index in [1.54, 1.807) is 23.8 Å². The van der Waals surface area contributed by atoms with Crippen LogP contribution in [-0.2, 0) is 0 Å². The fraction of sp³-hybridized carbons (Fsp3) is 0.0556. The van der Waals surface area contributed by atoms with Gasteiger partial charge in [0.25, 0.3) is 5.95 Å². The molecule has 2 aromatic heterocycles. The van der Waals surface area contributed by atoms with E-state index < -0.39 is 0 Å². The number of rotatable bonds is 5. The number of anilines is 2. The zero-order valence-electron chi connectivity index (χ0n) is 13.5. The Bertz CT molecular complexity index is 983. The lowest BCUT2D eigenvalue weighted by atomic mass is 10.3. The molecule has 25 heavy (non-hydrogen) atoms. The number of nitrogens with one attached hydrogen (secondary N) is 1. The lowest BCUT2D eigenvalue weighted by Gasteiger charge is -2.07. The van der Waals surface area contributed by atoms with Gasteiger partial charge >= 0.3 is 0 Å². The lowest BCUT2D eigenvalue weighted by Crippen LogP contribution is -2.01. The first-order valence-electron chi connectivity index (χ1n) is 7.68. The average molecular weight is 333 g/mol. The Morgan fingerprint density at radius 3 is 2.40 bits per heavy atom. The van der Waals surface area contributed by atoms with Gasteiger partial charge in [-0.15, -0.1) is 15.3 Å². The first-order valence-corrected chi connectivity index (χ1v) is 7.68. The largest absolute Gasteiger partial charge is 0.497 e. The summed E-state index contributed by atoms with van der Waals surface area (Å²) in [6.45, 7) is 0. The van der Waals surface area contributed by atoms with Crippen LogP contribution < -0.4 is 14.8 Å². The third kappa shape index (κ3) is 3.20. The molecule has 7 heteroatoms. The zero-order valence-corrected chi connectivity index (χ0v) is 13.5. The van der Waals surface area contributed by atoms with Gasteiger partial charge in [0.15, 0.2) is 5.65 Å². The number of fused-ring (bicyclic) bond motifs is 1. The van der Waals surface area contributed by atoms with Crippen molar-refractivity contribution in [2.45, 2.75) is 0 Å². The molecule has 4 aromatic rings. The van der Waals surface area contributed by atoms with Crippen LogP contribution in [0.4, 0.5) is 11.6 Å². The van der Waals surface area contributed by atoms with Gasteiger partial charge in [0.2, 0.25) is 5.88 Å². The number of hydrogen-bond acceptors (Lipinski definition) is 6. The maximum absolute atomic E-state index is 5.76. The molecular formula is C18H15N5O2. The molecule has 2 heterocycles. The Morgan fingerprint density at radius 1 is 0.840 bits per heavy atom. The van der Waals surface area contributed by atoms with Crippen molar-refractivity contribution in [3.8, 4) is 17.4 Å². The van der Waals surface area contributed by atoms with Gasteiger partial charge in [-0.3, -0.25) is 0 Å². The molecule has 1 N–H and O–H groups in total. The van der Waals surface area contributed by atoms with Gasteiger partial charge in [-0.05, 0) is 42.5 Å². The molecule has 0 spiro atoms. The summed E-state index contributed by atoms with van der Waals surface area (Å²) in [5.41, 5.74) is 1.47. The summed E-state index contributed by atoms with van der Waals surface area (Å²) in [7, 11) is 1.63. The number of ether oxygens (including phenoxy) is 2. The van der Waals surface area contributed by atoms with E-state index in [1.807, 2.05) is 54.6 Å². The maximum atomic E-state index is 5.76. The summed E-state index contributed by atoms with van der Waals surface area (Å²) in [6.07, 6.45) is 0. The van der Waals surface area contributed by atoms with Crippen molar-refractivity contribution in [3.05, 3.63) is 66.7 Å². The van der Waals surface area contributed by atoms with Gasteiger partial charge in [0, 0.05) is 11.8 Å². The summed E-state index contributed by atoms with van der Waals surface area (Å²) >= 11 is 0. The van der Waals surface area contributed by atoms with Crippen molar-refractivity contribution in [2.24, 2.45) is 0 Å². The predicted molar refractivity (Wildman–Crippen MR) is 93.6 cm³/mol. The van der Waals surface area contributed by atoms with Crippen molar-refractivity contribution in [1.29, 1.82) is 0 Å². The van der Waals surface area contributed by atoms with Crippen molar-refractivity contribution < 1.29 is 9.47 Å². The van der Waals surface area contributed by atoms with E-state index in [0.29, 0.717) is 23.2 Å². The van der Waals surface area contributed by atoms with Crippen LogP contribution in [0.1, 0.15) is 0 Å². The standard InChI is InChI=1S/C18H15N5O2/c1-24-14-9-7-13(8-10-14)19-18-21-20-16-11-12-17(22-23(16)18)25-15-5-3-2-4-6-15/h2-12H,1H3,(H,19,21). The molecule has 124 valence electrons. The van der Waals surface area contributed by atoms with Crippen molar-refractivity contribution >= 4 is 17.3 Å². The fourth-order valence-electron chi connectivity index (χ4n) is 2.32. The molecule has 0 atom stereocenters. The van der Waals surface area contributed by atoms with Crippen LogP contribution in [0.25, 0.3) is 5.65 Å². The van der Waals surface area contributed by atoms with Gasteiger partial charge in [-0.2, -0.15) is 4.52 Å². The number of benzene rings is 2. The highest BCUT2D eigenvalue weighted by Crippen LogP contribution is 2.22. The highest BCUT2D eigenvalue weighted by Gasteiger charge is 2.09. The number of para-hydroxylation sites is 1. The normalized spacial score (nSPS) is 10.6. The topological polar surface area (TPSA) is 73.6 Å². The fourth-order valence-corrected chi connectivity index (χ4v) is 2.32. The van der Waals surface area contributed by atoms with Crippen LogP contribution in [0.3, 0.4) is 0 Å². The molecule has 0 aliphatic carbocycles. The van der Waals surface area contributed by atoms with Crippen LogP contribution in [0.5, 0.6) is 17.4 Å². The van der Waals surface area contributed by atoms with Crippen LogP contribution >= 0.6 is 0 Å². The molecule has 0 aliphatic heterocycles. The predicted octanol–water partition coefficient (Wildman–Crippen LogP) is 3.67. The molecule has 0 fully saturated rings. The van der Waals surface area contributed by atoms with Gasteiger partial charge in [-0.25, -0.2) is 0 Å². The highest BCUT2D eigenvalue weighted by molar-refractivity contribution is 5.57. The minimum Gasteiger partial charge on any atom is -0.497 e. The quantitative estimate of drug-likeness (QED) is 0.601. The summed E-state index contributed by atoms with van der Waals surface area (Å²) < 4.78 is 12.5. The molecule has 0 aliphatic rings. The second-order valence-electron chi connectivity index (χ2n) is 5.23. The molecule has 4 rings (SSSR count). The second-order valence-corrected chi connectivity index (χ2v) is 5.23. The number of aromatic nitrogens is 4. The van der Waals surface area contributed by atoms with Gasteiger partial charge in [0.1, 0.15) is 11.5 Å². The van der Waals surface area contributed by atoms with Crippen LogP contribution in [-0.4, -0.2) is 26.9 Å². The lowest BCUT2D eigenvalue weighted by molar-refractivity contribution is 0.415. The van der Waals surface area contributed by atoms with E-state index in [4.69, 9.17) is 9.47 Å². The SMILES string of the molecule is COc1ccc(Nc2nnc3ccc(Oc4ccccc4)nn23)cc1. The summed E-state index contributed by atoms with van der Waals surface area (Å²) in [5, 5.41) is 15.9. The van der Waals surface area contributed by atoms with Gasteiger partial charge in [0.05, 0.1) is 7.11 Å². The van der Waals surface area contributed by atoms with E-state index >= 15 is 0 Å². The number of nitrogens with zero attached hydrogens (tertiary/aromatic N) is 4. The van der Waals surface area contributed by atoms with E-state index in [-0.39, 0.29) is 0 Å². The molecular weight excluding hydrogens is 318 g/mol. The molecule has 2 aromatic carbocycles. The Morgan fingerprint density at radius 2 is 1.64 bits per heavy atom. The van der Waals surface area contributed by atoms with E-state index in [2.05, 4.69) is 20.6 Å². The monoisotopic (exact) mass is 333 g/mol. The molecule has 7 nitrogen and oxygen atoms in total. The first kappa shape index (κ1) is 14.9. The summed E-state index contributed by atoms with van der Waals surface area (Å²) in [6, 6.07) is 20.6. The number of methoxy groups -OCH3 is 1. The molecule has 0 saturated heterocycles. The van der Waals surface area contributed by atoms with Crippen LogP contribution in [0.15, 0.2) is 66.7 Å². The van der Waals surface area contributed by atoms with Crippen LogP contribution in [0, 0.1) is 0 Å². The molecule has 0 unspecified atom stereocenters. The minimum atomic E-state index is 0.455. The third-order valence-electron chi connectivity index (χ3n) is 3.55. The first-order chi connectivity index (χ1) is 12.3. The zero-order chi connectivity index (χ0) is 17.1. The molecule has 0 radical (unpaired) electrons. The highest BCUT2D eigenvalue weighted by atomic mass is 16.5. The maximum Gasteiger partial charge on any atom is 0.250 e. The van der Waals surface area contributed by atoms with Crippen molar-refractivity contribution in [2.75, 3.05) is 12.4 Å². The van der Waals surface area contributed by atoms with E-state index in [1.165, 1.54) is 0 Å². The summed E-state index contributed by atoms with van der Waals surface area (Å²) in [4.78, 5) is 0. The van der Waals surface area contributed by atoms with Gasteiger partial charge < -0.3 is 14.8 Å². The van der Waals surface area contributed by atoms with Crippen molar-refractivity contribution in [1.82, 2.24) is 19.8 Å². The molecule has 0 amide bonds. The Kier molecular flexibility index (Phi) is 3.88. The van der Waals surface area contributed by atoms with Gasteiger partial charge in [-0.1, -0.05) is 18.2 Å². The molecule has 0 bridgehead atoms. The smallest absolute Gasteiger partial charge is 0.250 e. The molecule has 0 saturated carbocycles. The third-order valence-corrected chi connectivity index (χ3v) is 3.55. The Labute approximate surface area is 143 Å². The summed E-state index contributed by atoms with van der Waals surface area (Å²) in [5.74, 6) is 2.45. The minimum absolute atomic E-state index is 0.455. The van der Waals surface area contributed by atoms with E-state index in [0.717, 1.165) is 11.4 Å². The van der Waals surface area contributed by atoms with Crippen molar-refractivity contribution in [3.63, 3.8) is 0 Å². The second kappa shape index (κ2) is 6.48. The number of hydrogen-bond donors (Lipinski definition) is 1.